The van der Waals surface area contributed by atoms with Crippen molar-refractivity contribution in [2.45, 2.75) is 13.8 Å². The number of ether oxygens (including phenoxy) is 1. The molecule has 0 amide bonds. The van der Waals surface area contributed by atoms with Crippen molar-refractivity contribution < 1.29 is 9.15 Å². The standard InChI is InChI=1S/C13H16N2O2/c1-8-9(2)12(16-4)6-5-10(8)11-7-17-13(14-3)15-11/h5-7H,1-4H3,(H,14,15). The summed E-state index contributed by atoms with van der Waals surface area (Å²) in [6, 6.07) is 4.47. The molecule has 0 spiro atoms. The van der Waals surface area contributed by atoms with E-state index in [1.807, 2.05) is 19.1 Å². The number of nitrogens with zero attached hydrogens (tertiary/aromatic N) is 1. The normalized spacial score (nSPS) is 10.4. The fourth-order valence-electron chi connectivity index (χ4n) is 1.81. The summed E-state index contributed by atoms with van der Waals surface area (Å²) in [4.78, 5) is 4.34. The molecule has 0 aliphatic carbocycles. The molecule has 90 valence electrons. The minimum atomic E-state index is 0.521. The van der Waals surface area contributed by atoms with Gasteiger partial charge in [-0.25, -0.2) is 0 Å². The molecule has 0 aliphatic rings. The topological polar surface area (TPSA) is 47.3 Å². The predicted octanol–water partition coefficient (Wildman–Crippen LogP) is 3.01. The lowest BCUT2D eigenvalue weighted by Crippen LogP contribution is -1.93. The number of benzene rings is 1. The van der Waals surface area contributed by atoms with Crippen LogP contribution in [0.25, 0.3) is 11.3 Å². The van der Waals surface area contributed by atoms with Gasteiger partial charge in [0.05, 0.1) is 7.11 Å². The molecule has 0 atom stereocenters. The summed E-state index contributed by atoms with van der Waals surface area (Å²) in [5.74, 6) is 0.892. The minimum absolute atomic E-state index is 0.521. The van der Waals surface area contributed by atoms with Gasteiger partial charge in [-0.2, -0.15) is 4.98 Å². The van der Waals surface area contributed by atoms with Crippen molar-refractivity contribution in [2.75, 3.05) is 19.5 Å². The van der Waals surface area contributed by atoms with Gasteiger partial charge in [0.2, 0.25) is 0 Å². The number of nitrogens with one attached hydrogen (secondary N) is 1. The van der Waals surface area contributed by atoms with E-state index >= 15 is 0 Å². The molecule has 0 aliphatic heterocycles. The highest BCUT2D eigenvalue weighted by molar-refractivity contribution is 5.67. The second-order valence-corrected chi connectivity index (χ2v) is 3.85. The van der Waals surface area contributed by atoms with Crippen LogP contribution in [0.15, 0.2) is 22.8 Å². The Hall–Kier alpha value is -1.97. The van der Waals surface area contributed by atoms with Gasteiger partial charge in [0.1, 0.15) is 17.7 Å². The van der Waals surface area contributed by atoms with Crippen molar-refractivity contribution in [3.05, 3.63) is 29.5 Å². The predicted molar refractivity (Wildman–Crippen MR) is 67.5 cm³/mol. The first-order chi connectivity index (χ1) is 8.17. The number of hydrogen-bond acceptors (Lipinski definition) is 4. The molecule has 1 aromatic carbocycles. The number of oxazole rings is 1. The Morgan fingerprint density at radius 2 is 2.00 bits per heavy atom. The lowest BCUT2D eigenvalue weighted by molar-refractivity contribution is 0.411. The maximum Gasteiger partial charge on any atom is 0.294 e. The number of methoxy groups -OCH3 is 1. The largest absolute Gasteiger partial charge is 0.496 e. The van der Waals surface area contributed by atoms with Crippen molar-refractivity contribution in [1.29, 1.82) is 0 Å². The van der Waals surface area contributed by atoms with Gasteiger partial charge in [0.15, 0.2) is 0 Å². The molecule has 4 nitrogen and oxygen atoms in total. The second-order valence-electron chi connectivity index (χ2n) is 3.85. The third-order valence-electron chi connectivity index (χ3n) is 2.95. The van der Waals surface area contributed by atoms with E-state index in [2.05, 4.69) is 17.2 Å². The maximum absolute atomic E-state index is 5.29. The molecule has 1 aromatic heterocycles. The quantitative estimate of drug-likeness (QED) is 0.883. The third kappa shape index (κ3) is 1.98. The molecule has 1 heterocycles. The highest BCUT2D eigenvalue weighted by Gasteiger charge is 2.11. The van der Waals surface area contributed by atoms with Gasteiger partial charge in [-0.3, -0.25) is 0 Å². The van der Waals surface area contributed by atoms with E-state index in [1.54, 1.807) is 20.4 Å². The smallest absolute Gasteiger partial charge is 0.294 e. The fourth-order valence-corrected chi connectivity index (χ4v) is 1.81. The first-order valence-corrected chi connectivity index (χ1v) is 5.45. The highest BCUT2D eigenvalue weighted by atomic mass is 16.5. The Balaban J connectivity index is 2.49. The molecule has 0 saturated heterocycles. The van der Waals surface area contributed by atoms with Crippen LogP contribution >= 0.6 is 0 Å². The monoisotopic (exact) mass is 232 g/mol. The number of hydrogen-bond donors (Lipinski definition) is 1. The molecule has 17 heavy (non-hydrogen) atoms. The number of rotatable bonds is 3. The van der Waals surface area contributed by atoms with E-state index in [0.717, 1.165) is 28.1 Å². The second kappa shape index (κ2) is 4.49. The van der Waals surface area contributed by atoms with Crippen LogP contribution in [0.4, 0.5) is 6.01 Å². The van der Waals surface area contributed by atoms with Crippen LogP contribution in [-0.4, -0.2) is 19.1 Å². The molecule has 0 bridgehead atoms. The van der Waals surface area contributed by atoms with Crippen molar-refractivity contribution in [1.82, 2.24) is 4.98 Å². The molecule has 0 unspecified atom stereocenters. The van der Waals surface area contributed by atoms with Crippen LogP contribution in [-0.2, 0) is 0 Å². The third-order valence-corrected chi connectivity index (χ3v) is 2.95. The van der Waals surface area contributed by atoms with Gasteiger partial charge in [-0.05, 0) is 37.1 Å². The lowest BCUT2D eigenvalue weighted by atomic mass is 10.0. The van der Waals surface area contributed by atoms with Crippen LogP contribution in [0.2, 0.25) is 0 Å². The zero-order chi connectivity index (χ0) is 12.4. The summed E-state index contributed by atoms with van der Waals surface area (Å²) in [7, 11) is 3.46. The Kier molecular flexibility index (Phi) is 3.04. The highest BCUT2D eigenvalue weighted by Crippen LogP contribution is 2.31. The van der Waals surface area contributed by atoms with Crippen LogP contribution in [0, 0.1) is 13.8 Å². The first-order valence-electron chi connectivity index (χ1n) is 5.45. The van der Waals surface area contributed by atoms with E-state index in [0.29, 0.717) is 6.01 Å². The van der Waals surface area contributed by atoms with Crippen LogP contribution in [0.3, 0.4) is 0 Å². The molecule has 2 aromatic rings. The Labute approximate surface area is 101 Å². The molecular formula is C13H16N2O2. The average Bonchev–Trinajstić information content (AvgIpc) is 2.81. The summed E-state index contributed by atoms with van der Waals surface area (Å²) in [6.07, 6.45) is 1.65. The van der Waals surface area contributed by atoms with Crippen LogP contribution in [0.5, 0.6) is 5.75 Å². The summed E-state index contributed by atoms with van der Waals surface area (Å²) in [5.41, 5.74) is 4.17. The molecule has 1 N–H and O–H groups in total. The van der Waals surface area contributed by atoms with Crippen LogP contribution in [0.1, 0.15) is 11.1 Å². The van der Waals surface area contributed by atoms with E-state index in [1.165, 1.54) is 0 Å². The van der Waals surface area contributed by atoms with Gasteiger partial charge >= 0.3 is 0 Å². The van der Waals surface area contributed by atoms with E-state index in [4.69, 9.17) is 9.15 Å². The van der Waals surface area contributed by atoms with Gasteiger partial charge in [-0.1, -0.05) is 0 Å². The average molecular weight is 232 g/mol. The zero-order valence-electron chi connectivity index (χ0n) is 10.5. The Bertz CT molecular complexity index is 532. The van der Waals surface area contributed by atoms with Crippen molar-refractivity contribution in [3.8, 4) is 17.0 Å². The summed E-state index contributed by atoms with van der Waals surface area (Å²) in [5, 5.41) is 2.87. The summed E-state index contributed by atoms with van der Waals surface area (Å²) >= 11 is 0. The summed E-state index contributed by atoms with van der Waals surface area (Å²) in [6.45, 7) is 4.09. The number of aromatic nitrogens is 1. The lowest BCUT2D eigenvalue weighted by Gasteiger charge is -2.10. The molecule has 0 fully saturated rings. The molecule has 2 rings (SSSR count). The van der Waals surface area contributed by atoms with E-state index in [9.17, 15) is 0 Å². The molecule has 0 saturated carbocycles. The van der Waals surface area contributed by atoms with Gasteiger partial charge in [0, 0.05) is 12.6 Å². The fraction of sp³-hybridized carbons (Fsp3) is 0.308. The van der Waals surface area contributed by atoms with E-state index in [-0.39, 0.29) is 0 Å². The molecular weight excluding hydrogens is 216 g/mol. The first kappa shape index (κ1) is 11.5. The van der Waals surface area contributed by atoms with E-state index < -0.39 is 0 Å². The summed E-state index contributed by atoms with van der Waals surface area (Å²) < 4.78 is 10.6. The number of anilines is 1. The Morgan fingerprint density at radius 3 is 2.59 bits per heavy atom. The van der Waals surface area contributed by atoms with Crippen LogP contribution < -0.4 is 10.1 Å². The minimum Gasteiger partial charge on any atom is -0.496 e. The zero-order valence-corrected chi connectivity index (χ0v) is 10.5. The van der Waals surface area contributed by atoms with Gasteiger partial charge in [0.25, 0.3) is 6.01 Å². The molecule has 0 radical (unpaired) electrons. The Morgan fingerprint density at radius 1 is 1.24 bits per heavy atom. The van der Waals surface area contributed by atoms with Crippen molar-refractivity contribution >= 4 is 6.01 Å². The SMILES string of the molecule is CNc1nc(-c2ccc(OC)c(C)c2C)co1. The van der Waals surface area contributed by atoms with Crippen molar-refractivity contribution in [3.63, 3.8) is 0 Å². The maximum atomic E-state index is 5.29. The van der Waals surface area contributed by atoms with Crippen molar-refractivity contribution in [2.24, 2.45) is 0 Å². The molecule has 4 heteroatoms. The van der Waals surface area contributed by atoms with Gasteiger partial charge in [-0.15, -0.1) is 0 Å². The van der Waals surface area contributed by atoms with Gasteiger partial charge < -0.3 is 14.5 Å².